The van der Waals surface area contributed by atoms with Gasteiger partial charge in [0.05, 0.1) is 12.1 Å². The zero-order chi connectivity index (χ0) is 13.7. The van der Waals surface area contributed by atoms with Crippen LogP contribution >= 0.6 is 0 Å². The van der Waals surface area contributed by atoms with Crippen molar-refractivity contribution < 1.29 is 0 Å². The molecular formula is C14H27N5. The molecule has 5 heteroatoms. The maximum absolute atomic E-state index is 4.25. The summed E-state index contributed by atoms with van der Waals surface area (Å²) in [5, 5.41) is 16.0. The number of aromatic nitrogens is 4. The van der Waals surface area contributed by atoms with Crippen LogP contribution in [0.2, 0.25) is 0 Å². The first-order valence-electron chi connectivity index (χ1n) is 7.80. The molecule has 1 saturated carbocycles. The van der Waals surface area contributed by atoms with E-state index in [0.717, 1.165) is 18.7 Å². The monoisotopic (exact) mass is 265 g/mol. The van der Waals surface area contributed by atoms with Crippen molar-refractivity contribution in [1.29, 1.82) is 0 Å². The molecule has 0 saturated heterocycles. The molecule has 1 aliphatic rings. The highest BCUT2D eigenvalue weighted by atomic mass is 15.6. The Morgan fingerprint density at radius 1 is 1.21 bits per heavy atom. The molecule has 0 bridgehead atoms. The molecule has 0 radical (unpaired) electrons. The van der Waals surface area contributed by atoms with Crippen LogP contribution < -0.4 is 5.32 Å². The van der Waals surface area contributed by atoms with Crippen LogP contribution in [-0.4, -0.2) is 26.2 Å². The number of hydrogen-bond acceptors (Lipinski definition) is 4. The number of nitrogens with one attached hydrogen (secondary N) is 1. The normalized spacial score (nSPS) is 18.9. The molecule has 0 aromatic carbocycles. The van der Waals surface area contributed by atoms with Crippen molar-refractivity contribution >= 4 is 0 Å². The highest BCUT2D eigenvalue weighted by Gasteiger charge is 2.23. The standard InChI is InChI=1S/C14H27N5/c1-4-12(5-2)15-11(3)14-16-17-18-19(14)13-9-7-6-8-10-13/h11-13,15H,4-10H2,1-3H3/t11-/m1/s1. The van der Waals surface area contributed by atoms with Crippen molar-refractivity contribution in [2.45, 2.75) is 83.8 Å². The summed E-state index contributed by atoms with van der Waals surface area (Å²) in [4.78, 5) is 0. The molecule has 5 nitrogen and oxygen atoms in total. The molecule has 2 rings (SSSR count). The SMILES string of the molecule is CCC(CC)N[C@H](C)c1nnnn1C1CCCCC1. The number of nitrogens with zero attached hydrogens (tertiary/aromatic N) is 4. The van der Waals surface area contributed by atoms with E-state index in [0.29, 0.717) is 12.1 Å². The maximum atomic E-state index is 4.25. The second-order valence-corrected chi connectivity index (χ2v) is 5.68. The minimum atomic E-state index is 0.224. The minimum Gasteiger partial charge on any atom is -0.305 e. The molecule has 0 spiro atoms. The number of rotatable bonds is 6. The Hall–Kier alpha value is -0.970. The van der Waals surface area contributed by atoms with Gasteiger partial charge in [-0.2, -0.15) is 0 Å². The molecule has 1 aliphatic carbocycles. The first-order valence-corrected chi connectivity index (χ1v) is 7.80. The molecular weight excluding hydrogens is 238 g/mol. The van der Waals surface area contributed by atoms with E-state index in [1.165, 1.54) is 32.1 Å². The van der Waals surface area contributed by atoms with Crippen LogP contribution in [0.3, 0.4) is 0 Å². The van der Waals surface area contributed by atoms with Crippen LogP contribution in [0.5, 0.6) is 0 Å². The van der Waals surface area contributed by atoms with E-state index < -0.39 is 0 Å². The summed E-state index contributed by atoms with van der Waals surface area (Å²) in [6.07, 6.45) is 8.69. The number of hydrogen-bond donors (Lipinski definition) is 1. The predicted octanol–water partition coefficient (Wildman–Crippen LogP) is 3.02. The summed E-state index contributed by atoms with van der Waals surface area (Å²) in [7, 11) is 0. The van der Waals surface area contributed by atoms with Gasteiger partial charge in [-0.1, -0.05) is 33.1 Å². The van der Waals surface area contributed by atoms with E-state index in [-0.39, 0.29) is 6.04 Å². The van der Waals surface area contributed by atoms with E-state index in [2.05, 4.69) is 46.3 Å². The van der Waals surface area contributed by atoms with Crippen LogP contribution in [0.15, 0.2) is 0 Å². The zero-order valence-corrected chi connectivity index (χ0v) is 12.5. The lowest BCUT2D eigenvalue weighted by Gasteiger charge is -2.25. The largest absolute Gasteiger partial charge is 0.305 e. The first-order chi connectivity index (χ1) is 9.26. The quantitative estimate of drug-likeness (QED) is 0.859. The molecule has 0 unspecified atom stereocenters. The topological polar surface area (TPSA) is 55.6 Å². The highest BCUT2D eigenvalue weighted by Crippen LogP contribution is 2.29. The maximum Gasteiger partial charge on any atom is 0.168 e. The third kappa shape index (κ3) is 3.53. The van der Waals surface area contributed by atoms with Crippen LogP contribution in [0.1, 0.15) is 83.6 Å². The van der Waals surface area contributed by atoms with Crippen LogP contribution in [-0.2, 0) is 0 Å². The summed E-state index contributed by atoms with van der Waals surface area (Å²) in [5.41, 5.74) is 0. The van der Waals surface area contributed by atoms with E-state index in [9.17, 15) is 0 Å². The zero-order valence-electron chi connectivity index (χ0n) is 12.5. The van der Waals surface area contributed by atoms with Crippen molar-refractivity contribution in [3.8, 4) is 0 Å². The second kappa shape index (κ2) is 6.98. The molecule has 1 aromatic rings. The summed E-state index contributed by atoms with van der Waals surface area (Å²) < 4.78 is 2.07. The van der Waals surface area contributed by atoms with Crippen molar-refractivity contribution in [1.82, 2.24) is 25.5 Å². The van der Waals surface area contributed by atoms with Crippen LogP contribution in [0.4, 0.5) is 0 Å². The Labute approximate surface area is 116 Å². The minimum absolute atomic E-state index is 0.224. The fourth-order valence-electron chi connectivity index (χ4n) is 3.02. The average Bonchev–Trinajstić information content (AvgIpc) is 2.95. The molecule has 1 heterocycles. The van der Waals surface area contributed by atoms with Crippen molar-refractivity contribution in [2.75, 3.05) is 0 Å². The van der Waals surface area contributed by atoms with E-state index in [4.69, 9.17) is 0 Å². The van der Waals surface area contributed by atoms with Gasteiger partial charge in [0.15, 0.2) is 5.82 Å². The van der Waals surface area contributed by atoms with Crippen molar-refractivity contribution in [3.63, 3.8) is 0 Å². The Bertz CT molecular complexity index is 366. The highest BCUT2D eigenvalue weighted by molar-refractivity contribution is 4.93. The predicted molar refractivity (Wildman–Crippen MR) is 75.9 cm³/mol. The van der Waals surface area contributed by atoms with Crippen LogP contribution in [0.25, 0.3) is 0 Å². The van der Waals surface area contributed by atoms with Gasteiger partial charge in [0.2, 0.25) is 0 Å². The first kappa shape index (κ1) is 14.4. The average molecular weight is 265 g/mol. The van der Waals surface area contributed by atoms with E-state index in [1.807, 2.05) is 0 Å². The van der Waals surface area contributed by atoms with E-state index >= 15 is 0 Å². The van der Waals surface area contributed by atoms with Gasteiger partial charge in [0.25, 0.3) is 0 Å². The summed E-state index contributed by atoms with van der Waals surface area (Å²) in [6.45, 7) is 6.61. The van der Waals surface area contributed by atoms with E-state index in [1.54, 1.807) is 0 Å². The van der Waals surface area contributed by atoms with Gasteiger partial charge in [-0.25, -0.2) is 4.68 Å². The third-order valence-electron chi connectivity index (χ3n) is 4.30. The Balaban J connectivity index is 2.05. The molecule has 19 heavy (non-hydrogen) atoms. The lowest BCUT2D eigenvalue weighted by Crippen LogP contribution is -2.32. The molecule has 1 N–H and O–H groups in total. The smallest absolute Gasteiger partial charge is 0.168 e. The molecule has 1 atom stereocenters. The fourth-order valence-corrected chi connectivity index (χ4v) is 3.02. The van der Waals surface area contributed by atoms with Gasteiger partial charge in [-0.3, -0.25) is 0 Å². The lowest BCUT2D eigenvalue weighted by atomic mass is 9.95. The van der Waals surface area contributed by atoms with Crippen LogP contribution in [0, 0.1) is 0 Å². The summed E-state index contributed by atoms with van der Waals surface area (Å²) in [6, 6.07) is 1.28. The van der Waals surface area contributed by atoms with Crippen molar-refractivity contribution in [2.24, 2.45) is 0 Å². The number of tetrazole rings is 1. The molecule has 108 valence electrons. The Morgan fingerprint density at radius 2 is 1.89 bits per heavy atom. The molecule has 1 fully saturated rings. The van der Waals surface area contributed by atoms with Crippen molar-refractivity contribution in [3.05, 3.63) is 5.82 Å². The molecule has 0 aliphatic heterocycles. The fraction of sp³-hybridized carbons (Fsp3) is 0.929. The Kier molecular flexibility index (Phi) is 5.31. The van der Waals surface area contributed by atoms with Gasteiger partial charge in [0.1, 0.15) is 0 Å². The van der Waals surface area contributed by atoms with Gasteiger partial charge in [-0.15, -0.1) is 5.10 Å². The summed E-state index contributed by atoms with van der Waals surface area (Å²) >= 11 is 0. The third-order valence-corrected chi connectivity index (χ3v) is 4.30. The van der Waals surface area contributed by atoms with Gasteiger partial charge in [-0.05, 0) is 43.0 Å². The van der Waals surface area contributed by atoms with Gasteiger partial charge in [0, 0.05) is 6.04 Å². The van der Waals surface area contributed by atoms with Gasteiger partial charge >= 0.3 is 0 Å². The summed E-state index contributed by atoms with van der Waals surface area (Å²) in [5.74, 6) is 0.999. The molecule has 1 aromatic heterocycles. The molecule has 0 amide bonds. The second-order valence-electron chi connectivity index (χ2n) is 5.68. The Morgan fingerprint density at radius 3 is 2.53 bits per heavy atom. The lowest BCUT2D eigenvalue weighted by molar-refractivity contribution is 0.303. The van der Waals surface area contributed by atoms with Gasteiger partial charge < -0.3 is 5.32 Å².